The summed E-state index contributed by atoms with van der Waals surface area (Å²) in [6.45, 7) is 0. The summed E-state index contributed by atoms with van der Waals surface area (Å²) in [5.74, 6) is 0.325. The average Bonchev–Trinajstić information content (AvgIpc) is 2.78. The van der Waals surface area contributed by atoms with Crippen LogP contribution in [-0.2, 0) is 0 Å². The fourth-order valence-electron chi connectivity index (χ4n) is 1.95. The minimum Gasteiger partial charge on any atom is -0.508 e. The fraction of sp³-hybridized carbons (Fsp3) is 0. The van der Waals surface area contributed by atoms with Crippen molar-refractivity contribution in [3.05, 3.63) is 58.7 Å². The summed E-state index contributed by atoms with van der Waals surface area (Å²) in [6.07, 6.45) is 0. The molecule has 1 heterocycles. The number of hydrogen-bond donors (Lipinski definition) is 2. The van der Waals surface area contributed by atoms with E-state index in [4.69, 9.17) is 23.2 Å². The van der Waals surface area contributed by atoms with Gasteiger partial charge in [-0.15, -0.1) is 0 Å². The van der Waals surface area contributed by atoms with Gasteiger partial charge < -0.3 is 10.2 Å². The summed E-state index contributed by atoms with van der Waals surface area (Å²) in [5.41, 5.74) is 1.96. The summed E-state index contributed by atoms with van der Waals surface area (Å²) < 4.78 is 1.49. The van der Waals surface area contributed by atoms with E-state index in [9.17, 15) is 10.2 Å². The minimum atomic E-state index is 0.159. The number of hydrogen-bond acceptors (Lipinski definition) is 3. The number of nitrogens with zero attached hydrogens (tertiary/aromatic N) is 2. The molecule has 0 aliphatic rings. The molecule has 21 heavy (non-hydrogen) atoms. The molecule has 3 aromatic rings. The molecule has 0 spiro atoms. The Bertz CT molecular complexity index is 715. The monoisotopic (exact) mass is 320 g/mol. The number of aromatic nitrogens is 2. The molecule has 0 saturated carbocycles. The lowest BCUT2D eigenvalue weighted by atomic mass is 10.1. The van der Waals surface area contributed by atoms with Crippen LogP contribution in [0.3, 0.4) is 0 Å². The summed E-state index contributed by atoms with van der Waals surface area (Å²) in [7, 11) is 0. The first-order valence-corrected chi connectivity index (χ1v) is 6.84. The first kappa shape index (κ1) is 13.8. The zero-order chi connectivity index (χ0) is 15.0. The molecule has 0 atom stereocenters. The maximum absolute atomic E-state index is 9.33. The second-order valence-corrected chi connectivity index (χ2v) is 5.16. The third-order valence-electron chi connectivity index (χ3n) is 3.01. The van der Waals surface area contributed by atoms with Crippen LogP contribution < -0.4 is 0 Å². The molecular formula is C15H10Cl2N2O2. The second kappa shape index (κ2) is 5.31. The topological polar surface area (TPSA) is 58.3 Å². The number of halogens is 2. The minimum absolute atomic E-state index is 0.159. The number of phenols is 2. The smallest absolute Gasteiger partial charge is 0.152 e. The highest BCUT2D eigenvalue weighted by atomic mass is 35.5. The molecule has 0 aliphatic carbocycles. The molecule has 106 valence electrons. The van der Waals surface area contributed by atoms with E-state index in [2.05, 4.69) is 5.10 Å². The highest BCUT2D eigenvalue weighted by Gasteiger charge is 2.17. The molecule has 3 rings (SSSR count). The maximum atomic E-state index is 9.33. The van der Waals surface area contributed by atoms with Crippen molar-refractivity contribution in [1.29, 1.82) is 0 Å². The van der Waals surface area contributed by atoms with Crippen LogP contribution >= 0.6 is 23.2 Å². The van der Waals surface area contributed by atoms with Gasteiger partial charge in [-0.1, -0.05) is 23.2 Å². The van der Waals surface area contributed by atoms with Gasteiger partial charge in [0.05, 0.1) is 5.69 Å². The lowest BCUT2D eigenvalue weighted by molar-refractivity contribution is 0.475. The van der Waals surface area contributed by atoms with E-state index in [1.807, 2.05) is 0 Å². The molecule has 2 N–H and O–H groups in total. The van der Waals surface area contributed by atoms with Gasteiger partial charge in [0.1, 0.15) is 22.2 Å². The van der Waals surface area contributed by atoms with Crippen molar-refractivity contribution in [3.8, 4) is 28.4 Å². The maximum Gasteiger partial charge on any atom is 0.152 e. The molecule has 0 bridgehead atoms. The Morgan fingerprint density at radius 2 is 1.33 bits per heavy atom. The fourth-order valence-corrected chi connectivity index (χ4v) is 2.40. The van der Waals surface area contributed by atoms with Crippen LogP contribution in [0.25, 0.3) is 16.9 Å². The van der Waals surface area contributed by atoms with Gasteiger partial charge in [0.2, 0.25) is 0 Å². The number of benzene rings is 2. The van der Waals surface area contributed by atoms with Crippen molar-refractivity contribution in [3.63, 3.8) is 0 Å². The first-order chi connectivity index (χ1) is 10.1. The van der Waals surface area contributed by atoms with Crippen molar-refractivity contribution in [2.24, 2.45) is 0 Å². The number of phenolic OH excluding ortho intramolecular Hbond substituents is 2. The predicted molar refractivity (Wildman–Crippen MR) is 82.3 cm³/mol. The van der Waals surface area contributed by atoms with E-state index in [1.54, 1.807) is 48.5 Å². The van der Waals surface area contributed by atoms with Crippen LogP contribution in [0.15, 0.2) is 48.5 Å². The molecule has 0 fully saturated rings. The normalized spacial score (nSPS) is 10.8. The summed E-state index contributed by atoms with van der Waals surface area (Å²) in [4.78, 5) is 0. The molecule has 0 aliphatic heterocycles. The Morgan fingerprint density at radius 1 is 0.810 bits per heavy atom. The van der Waals surface area contributed by atoms with Crippen molar-refractivity contribution in [1.82, 2.24) is 9.78 Å². The van der Waals surface area contributed by atoms with Gasteiger partial charge in [-0.25, -0.2) is 4.68 Å². The molecular weight excluding hydrogens is 311 g/mol. The van der Waals surface area contributed by atoms with Crippen LogP contribution in [0.1, 0.15) is 0 Å². The molecule has 4 nitrogen and oxygen atoms in total. The highest BCUT2D eigenvalue weighted by molar-refractivity contribution is 6.43. The van der Waals surface area contributed by atoms with Crippen LogP contribution in [0, 0.1) is 0 Å². The van der Waals surface area contributed by atoms with E-state index in [0.29, 0.717) is 16.4 Å². The Balaban J connectivity index is 2.11. The average molecular weight is 321 g/mol. The zero-order valence-electron chi connectivity index (χ0n) is 10.7. The SMILES string of the molecule is Oc1ccc(-c2nn(-c3ccc(O)cc3)c(Cl)c2Cl)cc1. The zero-order valence-corrected chi connectivity index (χ0v) is 12.2. The van der Waals surface area contributed by atoms with Crippen molar-refractivity contribution in [2.45, 2.75) is 0 Å². The summed E-state index contributed by atoms with van der Waals surface area (Å²) in [6, 6.07) is 13.0. The van der Waals surface area contributed by atoms with Crippen molar-refractivity contribution >= 4 is 23.2 Å². The molecule has 0 saturated heterocycles. The van der Waals surface area contributed by atoms with Crippen molar-refractivity contribution in [2.75, 3.05) is 0 Å². The van der Waals surface area contributed by atoms with Gasteiger partial charge in [0.25, 0.3) is 0 Å². The molecule has 0 radical (unpaired) electrons. The van der Waals surface area contributed by atoms with E-state index in [1.165, 1.54) is 4.68 Å². The molecule has 2 aromatic carbocycles. The standard InChI is InChI=1S/C15H10Cl2N2O2/c16-13-14(9-1-5-11(20)6-2-9)18-19(15(13)17)10-3-7-12(21)8-4-10/h1-8,20-21H. The van der Waals surface area contributed by atoms with Crippen LogP contribution in [0.2, 0.25) is 10.2 Å². The van der Waals surface area contributed by atoms with Gasteiger partial charge >= 0.3 is 0 Å². The Labute approximate surface area is 130 Å². The third-order valence-corrected chi connectivity index (χ3v) is 3.81. The number of rotatable bonds is 2. The van der Waals surface area contributed by atoms with E-state index >= 15 is 0 Å². The second-order valence-electron chi connectivity index (χ2n) is 4.43. The van der Waals surface area contributed by atoms with Gasteiger partial charge in [-0.2, -0.15) is 5.10 Å². The largest absolute Gasteiger partial charge is 0.508 e. The molecule has 0 unspecified atom stereocenters. The van der Waals surface area contributed by atoms with Crippen LogP contribution in [0.4, 0.5) is 0 Å². The Morgan fingerprint density at radius 3 is 1.90 bits per heavy atom. The first-order valence-electron chi connectivity index (χ1n) is 6.09. The van der Waals surface area contributed by atoms with Gasteiger partial charge in [0, 0.05) is 5.56 Å². The van der Waals surface area contributed by atoms with Gasteiger partial charge in [-0.3, -0.25) is 0 Å². The predicted octanol–water partition coefficient (Wildman–Crippen LogP) is 4.26. The van der Waals surface area contributed by atoms with E-state index in [-0.39, 0.29) is 16.7 Å². The molecule has 6 heteroatoms. The van der Waals surface area contributed by atoms with Crippen LogP contribution in [0.5, 0.6) is 11.5 Å². The lowest BCUT2D eigenvalue weighted by Gasteiger charge is -2.02. The van der Waals surface area contributed by atoms with Crippen LogP contribution in [-0.4, -0.2) is 20.0 Å². The van der Waals surface area contributed by atoms with Gasteiger partial charge in [0.15, 0.2) is 5.15 Å². The lowest BCUT2D eigenvalue weighted by Crippen LogP contribution is -1.96. The van der Waals surface area contributed by atoms with Gasteiger partial charge in [-0.05, 0) is 48.5 Å². The van der Waals surface area contributed by atoms with E-state index in [0.717, 1.165) is 5.56 Å². The molecule has 0 amide bonds. The Hall–Kier alpha value is -2.17. The summed E-state index contributed by atoms with van der Waals surface area (Å²) >= 11 is 12.5. The van der Waals surface area contributed by atoms with E-state index < -0.39 is 0 Å². The highest BCUT2D eigenvalue weighted by Crippen LogP contribution is 2.35. The quantitative estimate of drug-likeness (QED) is 0.741. The summed E-state index contributed by atoms with van der Waals surface area (Å²) in [5, 5.41) is 23.7. The van der Waals surface area contributed by atoms with Crippen molar-refractivity contribution < 1.29 is 10.2 Å². The number of aromatic hydroxyl groups is 2. The molecule has 1 aromatic heterocycles. The Kier molecular flexibility index (Phi) is 3.49. The third kappa shape index (κ3) is 2.55.